The largest absolute Gasteiger partial charge is 0.486 e. The molecular weight excluding hydrogens is 414 g/mol. The third-order valence-corrected chi connectivity index (χ3v) is 7.35. The molecule has 3 heterocycles. The van der Waals surface area contributed by atoms with E-state index < -0.39 is 5.54 Å². The zero-order valence-electron chi connectivity index (χ0n) is 17.5. The minimum atomic E-state index is -0.453. The van der Waals surface area contributed by atoms with Gasteiger partial charge in [-0.2, -0.15) is 0 Å². The number of benzene rings is 1. The molecule has 0 bridgehead atoms. The molecule has 1 aromatic carbocycles. The zero-order chi connectivity index (χ0) is 21.4. The monoisotopic (exact) mass is 439 g/mol. The van der Waals surface area contributed by atoms with E-state index in [0.717, 1.165) is 58.9 Å². The first kappa shape index (κ1) is 20.1. The number of aryl methyl sites for hydroxylation is 1. The molecule has 1 amide bonds. The highest BCUT2D eigenvalue weighted by atomic mass is 32.1. The van der Waals surface area contributed by atoms with Gasteiger partial charge in [-0.15, -0.1) is 11.3 Å². The lowest BCUT2D eigenvalue weighted by molar-refractivity contribution is -0.123. The van der Waals surface area contributed by atoms with Crippen LogP contribution in [0.3, 0.4) is 0 Å². The molecule has 1 N–H and O–H groups in total. The van der Waals surface area contributed by atoms with Gasteiger partial charge in [0.2, 0.25) is 5.91 Å². The predicted octanol–water partition coefficient (Wildman–Crippen LogP) is 3.38. The van der Waals surface area contributed by atoms with Crippen LogP contribution in [0.5, 0.6) is 11.5 Å². The van der Waals surface area contributed by atoms with Gasteiger partial charge in [0.1, 0.15) is 24.6 Å². The molecule has 1 aliphatic carbocycles. The molecule has 0 radical (unpaired) electrons. The quantitative estimate of drug-likeness (QED) is 0.659. The molecule has 5 rings (SSSR count). The number of ether oxygens (including phenoxy) is 2. The molecule has 2 aliphatic rings. The van der Waals surface area contributed by atoms with E-state index in [1.165, 1.54) is 22.2 Å². The standard InChI is InChI=1S/C23H25N3O4S/c1-2-16-12-17-21(31-16)24-14-26(22(17)28)13-20(27)25-23(7-3-4-8-23)15-5-6-18-19(11-15)30-10-9-29-18/h5-6,11-12,14H,2-4,7-10,13H2,1H3,(H,25,27). The second-order valence-corrected chi connectivity index (χ2v) is 9.27. The van der Waals surface area contributed by atoms with Gasteiger partial charge < -0.3 is 14.8 Å². The fraction of sp³-hybridized carbons (Fsp3) is 0.435. The minimum Gasteiger partial charge on any atom is -0.486 e. The molecule has 1 fully saturated rings. The number of fused-ring (bicyclic) bond motifs is 2. The highest BCUT2D eigenvalue weighted by Crippen LogP contribution is 2.42. The van der Waals surface area contributed by atoms with Gasteiger partial charge in [0.05, 0.1) is 17.3 Å². The van der Waals surface area contributed by atoms with Crippen molar-refractivity contribution < 1.29 is 14.3 Å². The molecule has 7 nitrogen and oxygen atoms in total. The SMILES string of the molecule is CCc1cc2c(=O)n(CC(=O)NC3(c4ccc5c(c4)OCCO5)CCCC3)cnc2s1. The molecule has 0 atom stereocenters. The van der Waals surface area contributed by atoms with Gasteiger partial charge >= 0.3 is 0 Å². The summed E-state index contributed by atoms with van der Waals surface area (Å²) < 4.78 is 12.8. The van der Waals surface area contributed by atoms with E-state index in [4.69, 9.17) is 9.47 Å². The van der Waals surface area contributed by atoms with Crippen molar-refractivity contribution in [3.63, 3.8) is 0 Å². The Balaban J connectivity index is 1.40. The number of thiophene rings is 1. The number of hydrogen-bond acceptors (Lipinski definition) is 6. The van der Waals surface area contributed by atoms with Crippen LogP contribution in [0.4, 0.5) is 0 Å². The first-order valence-corrected chi connectivity index (χ1v) is 11.6. The summed E-state index contributed by atoms with van der Waals surface area (Å²) >= 11 is 1.53. The van der Waals surface area contributed by atoms with Crippen LogP contribution in [0.25, 0.3) is 10.2 Å². The lowest BCUT2D eigenvalue weighted by Gasteiger charge is -2.32. The third-order valence-electron chi connectivity index (χ3n) is 6.16. The Morgan fingerprint density at radius 3 is 2.74 bits per heavy atom. The average Bonchev–Trinajstić information content (AvgIpc) is 3.43. The van der Waals surface area contributed by atoms with Gasteiger partial charge in [0.25, 0.3) is 5.56 Å². The summed E-state index contributed by atoms with van der Waals surface area (Å²) in [6, 6.07) is 7.80. The Morgan fingerprint density at radius 1 is 1.19 bits per heavy atom. The first-order valence-electron chi connectivity index (χ1n) is 10.8. The van der Waals surface area contributed by atoms with Gasteiger partial charge in [-0.1, -0.05) is 25.8 Å². The van der Waals surface area contributed by atoms with E-state index in [-0.39, 0.29) is 18.0 Å². The van der Waals surface area contributed by atoms with Crippen LogP contribution >= 0.6 is 11.3 Å². The number of aromatic nitrogens is 2. The fourth-order valence-electron chi connectivity index (χ4n) is 4.56. The van der Waals surface area contributed by atoms with Crippen molar-refractivity contribution in [2.24, 2.45) is 0 Å². The number of nitrogens with one attached hydrogen (secondary N) is 1. The van der Waals surface area contributed by atoms with Crippen LogP contribution < -0.4 is 20.3 Å². The van der Waals surface area contributed by atoms with E-state index in [0.29, 0.717) is 18.6 Å². The van der Waals surface area contributed by atoms with Crippen LogP contribution in [0.1, 0.15) is 43.0 Å². The molecule has 1 saturated carbocycles. The Morgan fingerprint density at radius 2 is 1.97 bits per heavy atom. The molecule has 0 saturated heterocycles. The normalized spacial score (nSPS) is 17.1. The van der Waals surface area contributed by atoms with Crippen LogP contribution in [-0.2, 0) is 23.3 Å². The summed E-state index contributed by atoms with van der Waals surface area (Å²) in [5, 5.41) is 3.82. The lowest BCUT2D eigenvalue weighted by Crippen LogP contribution is -2.46. The maximum Gasteiger partial charge on any atom is 0.262 e. The number of carbonyl (C=O) groups excluding carboxylic acids is 1. The molecule has 0 spiro atoms. The molecule has 0 unspecified atom stereocenters. The summed E-state index contributed by atoms with van der Waals surface area (Å²) in [5.41, 5.74) is 0.399. The zero-order valence-corrected chi connectivity index (χ0v) is 18.3. The summed E-state index contributed by atoms with van der Waals surface area (Å²) in [5.74, 6) is 1.27. The molecule has 8 heteroatoms. The average molecular weight is 440 g/mol. The summed E-state index contributed by atoms with van der Waals surface area (Å²) in [7, 11) is 0. The van der Waals surface area contributed by atoms with Gasteiger partial charge in [-0.3, -0.25) is 14.2 Å². The number of hydrogen-bond donors (Lipinski definition) is 1. The second kappa shape index (κ2) is 8.00. The molecule has 162 valence electrons. The highest BCUT2D eigenvalue weighted by Gasteiger charge is 2.38. The smallest absolute Gasteiger partial charge is 0.262 e. The minimum absolute atomic E-state index is 0.0502. The van der Waals surface area contributed by atoms with Crippen molar-refractivity contribution in [1.82, 2.24) is 14.9 Å². The van der Waals surface area contributed by atoms with E-state index in [9.17, 15) is 9.59 Å². The first-order chi connectivity index (χ1) is 15.1. The van der Waals surface area contributed by atoms with Crippen molar-refractivity contribution in [2.75, 3.05) is 13.2 Å². The number of amides is 1. The Kier molecular flexibility index (Phi) is 5.17. The highest BCUT2D eigenvalue weighted by molar-refractivity contribution is 7.18. The molecular formula is C23H25N3O4S. The van der Waals surface area contributed by atoms with Crippen LogP contribution in [0, 0.1) is 0 Å². The van der Waals surface area contributed by atoms with Gasteiger partial charge in [-0.05, 0) is 43.0 Å². The summed E-state index contributed by atoms with van der Waals surface area (Å²) in [6.07, 6.45) is 6.13. The fourth-order valence-corrected chi connectivity index (χ4v) is 5.49. The molecule has 3 aromatic rings. The topological polar surface area (TPSA) is 82.5 Å². The predicted molar refractivity (Wildman–Crippen MR) is 119 cm³/mol. The maximum absolute atomic E-state index is 13.0. The van der Waals surface area contributed by atoms with Crippen LogP contribution in [0.15, 0.2) is 35.4 Å². The van der Waals surface area contributed by atoms with Gasteiger partial charge in [-0.25, -0.2) is 4.98 Å². The van der Waals surface area contributed by atoms with E-state index in [2.05, 4.69) is 17.2 Å². The van der Waals surface area contributed by atoms with Crippen molar-refractivity contribution in [3.05, 3.63) is 51.4 Å². The van der Waals surface area contributed by atoms with Gasteiger partial charge in [0, 0.05) is 4.88 Å². The van der Waals surface area contributed by atoms with Crippen molar-refractivity contribution in [1.29, 1.82) is 0 Å². The number of carbonyl (C=O) groups is 1. The third kappa shape index (κ3) is 3.69. The Hall–Kier alpha value is -2.87. The second-order valence-electron chi connectivity index (χ2n) is 8.16. The Bertz CT molecular complexity index is 1190. The summed E-state index contributed by atoms with van der Waals surface area (Å²) in [6.45, 7) is 3.07. The maximum atomic E-state index is 13.0. The lowest BCUT2D eigenvalue weighted by atomic mass is 9.87. The number of rotatable bonds is 5. The van der Waals surface area contributed by atoms with Crippen molar-refractivity contribution in [2.45, 2.75) is 51.1 Å². The summed E-state index contributed by atoms with van der Waals surface area (Å²) in [4.78, 5) is 32.1. The van der Waals surface area contributed by atoms with E-state index in [1.54, 1.807) is 0 Å². The van der Waals surface area contributed by atoms with Crippen molar-refractivity contribution in [3.8, 4) is 11.5 Å². The molecule has 31 heavy (non-hydrogen) atoms. The van der Waals surface area contributed by atoms with Gasteiger partial charge in [0.15, 0.2) is 11.5 Å². The number of nitrogens with zero attached hydrogens (tertiary/aromatic N) is 2. The van der Waals surface area contributed by atoms with E-state index >= 15 is 0 Å². The van der Waals surface area contributed by atoms with E-state index in [1.807, 2.05) is 24.3 Å². The Labute approximate surface area is 184 Å². The molecule has 1 aliphatic heterocycles. The van der Waals surface area contributed by atoms with Crippen molar-refractivity contribution >= 4 is 27.5 Å². The van der Waals surface area contributed by atoms with Crippen LogP contribution in [0.2, 0.25) is 0 Å². The van der Waals surface area contributed by atoms with Crippen LogP contribution in [-0.4, -0.2) is 28.7 Å². The molecule has 2 aromatic heterocycles.